The van der Waals surface area contributed by atoms with Crippen molar-refractivity contribution in [1.82, 2.24) is 20.1 Å². The van der Waals surface area contributed by atoms with Crippen LogP contribution in [0, 0.1) is 11.3 Å². The van der Waals surface area contributed by atoms with E-state index < -0.39 is 6.10 Å². The van der Waals surface area contributed by atoms with Gasteiger partial charge in [0.2, 0.25) is 5.91 Å². The van der Waals surface area contributed by atoms with Gasteiger partial charge in [-0.2, -0.15) is 0 Å². The predicted octanol–water partition coefficient (Wildman–Crippen LogP) is 4.53. The molecule has 0 bridgehead atoms. The standard InChI is InChI=1S/C42H55N7O4/c1-28-3-8-34(43)9-6-32(28)27-53-37-10-7-31-25-47(14-11-30(31)19-37)26-36(50)24-44-40(51)33-20-38(45-35-22-42(23-35)12-2-13-42)46-39(21-33)48-15-17-49(18-16-48)41(52)29-4-5-29/h3,6-7,9-10,19-21,29,35-36,50H,2,4-5,8,11-18,22-27,43H2,1H3,(H,44,51)(H,45,46)/t36-/m0/s1. The Morgan fingerprint density at radius 3 is 2.62 bits per heavy atom. The molecule has 1 atom stereocenters. The number of nitrogens with one attached hydrogen (secondary N) is 2. The zero-order chi connectivity index (χ0) is 36.5. The summed E-state index contributed by atoms with van der Waals surface area (Å²) >= 11 is 0. The first-order chi connectivity index (χ1) is 25.7. The zero-order valence-electron chi connectivity index (χ0n) is 31.1. The molecule has 2 amide bonds. The number of allylic oxidation sites excluding steroid dienone is 3. The Balaban J connectivity index is 0.847. The molecule has 1 aromatic heterocycles. The van der Waals surface area contributed by atoms with E-state index in [2.05, 4.69) is 45.6 Å². The lowest BCUT2D eigenvalue weighted by Gasteiger charge is -2.54. The van der Waals surface area contributed by atoms with Crippen LogP contribution in [-0.4, -0.2) is 96.3 Å². The number of hydrogen-bond acceptors (Lipinski definition) is 9. The smallest absolute Gasteiger partial charge is 0.251 e. The van der Waals surface area contributed by atoms with Gasteiger partial charge in [0.05, 0.1) is 6.10 Å². The van der Waals surface area contributed by atoms with Crippen LogP contribution in [-0.2, 0) is 17.8 Å². The van der Waals surface area contributed by atoms with Crippen molar-refractivity contribution in [2.24, 2.45) is 17.1 Å². The maximum atomic E-state index is 13.6. The van der Waals surface area contributed by atoms with Gasteiger partial charge in [-0.15, -0.1) is 0 Å². The lowest BCUT2D eigenvalue weighted by atomic mass is 9.54. The number of anilines is 2. The van der Waals surface area contributed by atoms with E-state index in [-0.39, 0.29) is 24.3 Å². The summed E-state index contributed by atoms with van der Waals surface area (Å²) in [5.74, 6) is 2.62. The lowest BCUT2D eigenvalue weighted by molar-refractivity contribution is -0.132. The topological polar surface area (TPSA) is 136 Å². The van der Waals surface area contributed by atoms with E-state index in [1.165, 1.54) is 36.0 Å². The van der Waals surface area contributed by atoms with Crippen LogP contribution in [0.4, 0.5) is 11.6 Å². The van der Waals surface area contributed by atoms with Gasteiger partial charge in [0.1, 0.15) is 24.0 Å². The molecule has 6 aliphatic rings. The van der Waals surface area contributed by atoms with Crippen LogP contribution < -0.4 is 26.0 Å². The SMILES string of the molecule is CC1=CCC(N)=CC=C1COc1ccc2c(c1)CCN(C[C@@H](O)CNC(=O)c1cc(NC3CC4(CCC4)C3)nc(N3CCN(C(=O)C4CC4)CC3)c1)C2. The second-order valence-electron chi connectivity index (χ2n) is 16.4. The number of amides is 2. The van der Waals surface area contributed by atoms with Crippen molar-refractivity contribution in [1.29, 1.82) is 0 Å². The van der Waals surface area contributed by atoms with E-state index in [0.717, 1.165) is 80.3 Å². The third-order valence-electron chi connectivity index (χ3n) is 12.3. The van der Waals surface area contributed by atoms with Crippen molar-refractivity contribution in [3.63, 3.8) is 0 Å². The van der Waals surface area contributed by atoms with Crippen LogP contribution in [0.2, 0.25) is 0 Å². The number of aromatic nitrogens is 1. The number of pyridine rings is 1. The average molecular weight is 722 g/mol. The van der Waals surface area contributed by atoms with Crippen LogP contribution in [0.5, 0.6) is 5.75 Å². The number of aliphatic hydroxyl groups excluding tert-OH is 1. The number of benzene rings is 1. The highest BCUT2D eigenvalue weighted by Crippen LogP contribution is 2.56. The van der Waals surface area contributed by atoms with Crippen LogP contribution in [0.1, 0.15) is 79.8 Å². The lowest BCUT2D eigenvalue weighted by Crippen LogP contribution is -2.50. The van der Waals surface area contributed by atoms with Gasteiger partial charge in [0.25, 0.3) is 5.91 Å². The van der Waals surface area contributed by atoms with Crippen molar-refractivity contribution >= 4 is 23.5 Å². The van der Waals surface area contributed by atoms with Crippen molar-refractivity contribution in [3.8, 4) is 5.75 Å². The van der Waals surface area contributed by atoms with Crippen LogP contribution in [0.25, 0.3) is 0 Å². The molecule has 4 fully saturated rings. The number of fused-ring (bicyclic) bond motifs is 1. The van der Waals surface area contributed by atoms with Gasteiger partial charge in [0.15, 0.2) is 0 Å². The molecule has 1 saturated heterocycles. The fraction of sp³-hybridized carbons (Fsp3) is 0.548. The minimum absolute atomic E-state index is 0.160. The van der Waals surface area contributed by atoms with E-state index in [1.807, 2.05) is 35.3 Å². The summed E-state index contributed by atoms with van der Waals surface area (Å²) < 4.78 is 6.17. The molecule has 3 heterocycles. The minimum atomic E-state index is -0.708. The molecule has 3 saturated carbocycles. The van der Waals surface area contributed by atoms with Gasteiger partial charge in [-0.05, 0) is 110 Å². The second kappa shape index (κ2) is 15.2. The molecule has 11 nitrogen and oxygen atoms in total. The number of β-amino-alcohol motifs (C(OH)–C–C–N with tert-alkyl or cyclic N) is 1. The van der Waals surface area contributed by atoms with E-state index in [0.29, 0.717) is 56.4 Å². The summed E-state index contributed by atoms with van der Waals surface area (Å²) in [4.78, 5) is 37.6. The number of rotatable bonds is 12. The van der Waals surface area contributed by atoms with Crippen LogP contribution in [0.15, 0.2) is 65.4 Å². The van der Waals surface area contributed by atoms with Gasteiger partial charge in [-0.3, -0.25) is 14.5 Å². The van der Waals surface area contributed by atoms with Gasteiger partial charge in [0, 0.05) is 82.0 Å². The fourth-order valence-electron chi connectivity index (χ4n) is 8.65. The quantitative estimate of drug-likeness (QED) is 0.249. The molecule has 2 aromatic rings. The van der Waals surface area contributed by atoms with Crippen molar-refractivity contribution < 1.29 is 19.4 Å². The highest BCUT2D eigenvalue weighted by Gasteiger charge is 2.48. The molecule has 53 heavy (non-hydrogen) atoms. The summed E-state index contributed by atoms with van der Waals surface area (Å²) in [7, 11) is 0. The molecule has 0 radical (unpaired) electrons. The highest BCUT2D eigenvalue weighted by molar-refractivity contribution is 5.95. The number of nitrogens with zero attached hydrogens (tertiary/aromatic N) is 4. The minimum Gasteiger partial charge on any atom is -0.489 e. The molecule has 11 heteroatoms. The largest absolute Gasteiger partial charge is 0.489 e. The first-order valence-electron chi connectivity index (χ1n) is 19.8. The molecule has 2 aliphatic heterocycles. The molecule has 0 unspecified atom stereocenters. The number of nitrogens with two attached hydrogens (primary N) is 1. The number of piperazine rings is 1. The summed E-state index contributed by atoms with van der Waals surface area (Å²) in [6, 6.07) is 10.4. The number of ether oxygens (including phenoxy) is 1. The maximum absolute atomic E-state index is 13.6. The normalized spacial score (nSPS) is 22.0. The van der Waals surface area contributed by atoms with Crippen molar-refractivity contribution in [2.75, 3.05) is 62.6 Å². The number of hydrogen-bond donors (Lipinski definition) is 4. The average Bonchev–Trinajstić information content (AvgIpc) is 4.00. The van der Waals surface area contributed by atoms with Gasteiger partial charge < -0.3 is 36.0 Å². The molecule has 4 aliphatic carbocycles. The van der Waals surface area contributed by atoms with E-state index in [9.17, 15) is 14.7 Å². The summed E-state index contributed by atoms with van der Waals surface area (Å²) in [6.45, 7) is 7.51. The van der Waals surface area contributed by atoms with Gasteiger partial charge in [-0.25, -0.2) is 4.98 Å². The van der Waals surface area contributed by atoms with Crippen LogP contribution >= 0.6 is 0 Å². The Hall–Kier alpha value is -4.35. The Morgan fingerprint density at radius 2 is 1.87 bits per heavy atom. The van der Waals surface area contributed by atoms with E-state index in [1.54, 1.807) is 0 Å². The monoisotopic (exact) mass is 721 g/mol. The summed E-state index contributed by atoms with van der Waals surface area (Å²) in [5.41, 5.74) is 12.7. The third-order valence-corrected chi connectivity index (χ3v) is 12.3. The first kappa shape index (κ1) is 35.7. The van der Waals surface area contributed by atoms with Crippen molar-refractivity contribution in [3.05, 3.63) is 82.1 Å². The third kappa shape index (κ3) is 8.41. The first-order valence-corrected chi connectivity index (χ1v) is 19.8. The van der Waals surface area contributed by atoms with E-state index in [4.69, 9.17) is 15.5 Å². The van der Waals surface area contributed by atoms with Gasteiger partial charge >= 0.3 is 0 Å². The Bertz CT molecular complexity index is 1800. The Kier molecular flexibility index (Phi) is 10.2. The number of aliphatic hydroxyl groups is 1. The molecule has 1 spiro atoms. The molecular formula is C42H55N7O4. The zero-order valence-corrected chi connectivity index (χ0v) is 31.1. The second-order valence-corrected chi connectivity index (χ2v) is 16.4. The number of carbonyl (C=O) groups is 2. The van der Waals surface area contributed by atoms with Crippen LogP contribution in [0.3, 0.4) is 0 Å². The molecule has 5 N–H and O–H groups in total. The molecule has 1 aromatic carbocycles. The maximum Gasteiger partial charge on any atom is 0.251 e. The summed E-state index contributed by atoms with van der Waals surface area (Å²) in [5, 5.41) is 17.7. The Labute approximate surface area is 313 Å². The molecule has 282 valence electrons. The van der Waals surface area contributed by atoms with E-state index >= 15 is 0 Å². The summed E-state index contributed by atoms with van der Waals surface area (Å²) in [6.07, 6.45) is 15.4. The molecular weight excluding hydrogens is 667 g/mol. The molecule has 8 rings (SSSR count). The fourth-order valence-corrected chi connectivity index (χ4v) is 8.65. The predicted molar refractivity (Wildman–Crippen MR) is 207 cm³/mol. The highest BCUT2D eigenvalue weighted by atomic mass is 16.5. The number of carbonyl (C=O) groups excluding carboxylic acids is 2. The van der Waals surface area contributed by atoms with Crippen molar-refractivity contribution in [2.45, 2.75) is 83.4 Å². The Morgan fingerprint density at radius 1 is 1.06 bits per heavy atom. The van der Waals surface area contributed by atoms with Gasteiger partial charge in [-0.1, -0.05) is 24.6 Å².